The van der Waals surface area contributed by atoms with E-state index >= 15 is 0 Å². The van der Waals surface area contributed by atoms with Gasteiger partial charge in [0, 0.05) is 12.2 Å². The molecule has 1 aromatic heterocycles. The van der Waals surface area contributed by atoms with Crippen molar-refractivity contribution < 1.29 is 13.2 Å². The first-order chi connectivity index (χ1) is 6.99. The monoisotopic (exact) mass is 222 g/mol. The van der Waals surface area contributed by atoms with Crippen LogP contribution in [0.1, 0.15) is 39.1 Å². The van der Waals surface area contributed by atoms with E-state index in [0.29, 0.717) is 18.7 Å². The zero-order valence-corrected chi connectivity index (χ0v) is 9.52. The van der Waals surface area contributed by atoms with Crippen LogP contribution in [0.15, 0.2) is 6.07 Å². The molecule has 0 unspecified atom stereocenters. The molecular formula is C10H17F3N2. The molecule has 1 aromatic rings. The highest BCUT2D eigenvalue weighted by atomic mass is 19.4. The molecule has 88 valence electrons. The lowest BCUT2D eigenvalue weighted by Crippen LogP contribution is -2.07. The Morgan fingerprint density at radius 2 is 1.80 bits per heavy atom. The highest BCUT2D eigenvalue weighted by Gasteiger charge is 2.34. The fourth-order valence-corrected chi connectivity index (χ4v) is 1.15. The number of nitrogens with zero attached hydrogens (tertiary/aromatic N) is 2. The van der Waals surface area contributed by atoms with Crippen molar-refractivity contribution in [2.45, 2.75) is 46.8 Å². The summed E-state index contributed by atoms with van der Waals surface area (Å²) < 4.78 is 37.9. The highest BCUT2D eigenvalue weighted by molar-refractivity contribution is 5.13. The number of halogens is 3. The van der Waals surface area contributed by atoms with Crippen LogP contribution < -0.4 is 0 Å². The van der Waals surface area contributed by atoms with E-state index in [4.69, 9.17) is 0 Å². The molecule has 1 rings (SSSR count). The summed E-state index contributed by atoms with van der Waals surface area (Å²) in [4.78, 5) is 0. The molecule has 0 radical (unpaired) electrons. The second-order valence-corrected chi connectivity index (χ2v) is 2.69. The standard InChI is InChI=1S/C8H11F3N2.C2H6/c1-3-6-5-7(8(9,10)11)12-13(6)4-2;1-2/h5H,3-4H2,1-2H3;1-2H3. The van der Waals surface area contributed by atoms with Crippen molar-refractivity contribution >= 4 is 0 Å². The van der Waals surface area contributed by atoms with E-state index in [1.165, 1.54) is 4.68 Å². The molecule has 0 aromatic carbocycles. The molecule has 0 spiro atoms. The van der Waals surface area contributed by atoms with Gasteiger partial charge in [-0.25, -0.2) is 0 Å². The first-order valence-electron chi connectivity index (χ1n) is 5.13. The largest absolute Gasteiger partial charge is 0.435 e. The van der Waals surface area contributed by atoms with Gasteiger partial charge in [-0.15, -0.1) is 0 Å². The molecule has 2 nitrogen and oxygen atoms in total. The zero-order chi connectivity index (χ0) is 12.1. The van der Waals surface area contributed by atoms with E-state index < -0.39 is 11.9 Å². The third-order valence-electron chi connectivity index (χ3n) is 1.82. The lowest BCUT2D eigenvalue weighted by Gasteiger charge is -2.00. The van der Waals surface area contributed by atoms with Crippen LogP contribution in [-0.2, 0) is 19.1 Å². The van der Waals surface area contributed by atoms with Crippen LogP contribution in [0.5, 0.6) is 0 Å². The highest BCUT2D eigenvalue weighted by Crippen LogP contribution is 2.28. The number of aryl methyl sites for hydroxylation is 2. The molecule has 0 fully saturated rings. The predicted molar refractivity (Wildman–Crippen MR) is 53.6 cm³/mol. The summed E-state index contributed by atoms with van der Waals surface area (Å²) in [5.74, 6) is 0. The van der Waals surface area contributed by atoms with Gasteiger partial charge in [0.15, 0.2) is 5.69 Å². The van der Waals surface area contributed by atoms with Crippen LogP contribution >= 0.6 is 0 Å². The van der Waals surface area contributed by atoms with Gasteiger partial charge in [0.05, 0.1) is 0 Å². The van der Waals surface area contributed by atoms with Crippen molar-refractivity contribution in [2.24, 2.45) is 0 Å². The summed E-state index contributed by atoms with van der Waals surface area (Å²) in [7, 11) is 0. The average Bonchev–Trinajstić information content (AvgIpc) is 2.63. The quantitative estimate of drug-likeness (QED) is 0.748. The van der Waals surface area contributed by atoms with E-state index in [9.17, 15) is 13.2 Å². The van der Waals surface area contributed by atoms with Gasteiger partial charge < -0.3 is 0 Å². The van der Waals surface area contributed by atoms with Gasteiger partial charge in [-0.1, -0.05) is 20.8 Å². The van der Waals surface area contributed by atoms with E-state index in [-0.39, 0.29) is 0 Å². The van der Waals surface area contributed by atoms with E-state index in [2.05, 4.69) is 5.10 Å². The summed E-state index contributed by atoms with van der Waals surface area (Å²) in [5.41, 5.74) is -0.180. The minimum Gasteiger partial charge on any atom is -0.269 e. The first kappa shape index (κ1) is 14.0. The van der Waals surface area contributed by atoms with Crippen molar-refractivity contribution in [2.75, 3.05) is 0 Å². The number of aromatic nitrogens is 2. The molecular weight excluding hydrogens is 205 g/mol. The summed E-state index contributed by atoms with van der Waals surface area (Å²) >= 11 is 0. The van der Waals surface area contributed by atoms with Crippen molar-refractivity contribution in [1.82, 2.24) is 9.78 Å². The molecule has 0 amide bonds. The molecule has 15 heavy (non-hydrogen) atoms. The second kappa shape index (κ2) is 5.78. The van der Waals surface area contributed by atoms with Gasteiger partial charge in [0.2, 0.25) is 0 Å². The van der Waals surface area contributed by atoms with Gasteiger partial charge >= 0.3 is 6.18 Å². The predicted octanol–water partition coefficient (Wildman–Crippen LogP) is 3.51. The van der Waals surface area contributed by atoms with Crippen molar-refractivity contribution in [3.63, 3.8) is 0 Å². The number of hydrogen-bond donors (Lipinski definition) is 0. The van der Waals surface area contributed by atoms with Crippen LogP contribution in [0.2, 0.25) is 0 Å². The molecule has 0 saturated heterocycles. The van der Waals surface area contributed by atoms with Gasteiger partial charge in [-0.05, 0) is 19.4 Å². The minimum atomic E-state index is -4.33. The Balaban J connectivity index is 0.000000921. The number of alkyl halides is 3. The SMILES string of the molecule is CC.CCc1cc(C(F)(F)F)nn1CC. The number of rotatable bonds is 2. The lowest BCUT2D eigenvalue weighted by molar-refractivity contribution is -0.141. The fourth-order valence-electron chi connectivity index (χ4n) is 1.15. The molecule has 0 aliphatic carbocycles. The maximum absolute atomic E-state index is 12.2. The lowest BCUT2D eigenvalue weighted by atomic mass is 10.3. The van der Waals surface area contributed by atoms with Crippen molar-refractivity contribution in [3.05, 3.63) is 17.5 Å². The Morgan fingerprint density at radius 3 is 2.07 bits per heavy atom. The van der Waals surface area contributed by atoms with Crippen LogP contribution in [0.25, 0.3) is 0 Å². The van der Waals surface area contributed by atoms with E-state index in [0.717, 1.165) is 6.07 Å². The average molecular weight is 222 g/mol. The van der Waals surface area contributed by atoms with Gasteiger partial charge in [0.25, 0.3) is 0 Å². The molecule has 0 aliphatic heterocycles. The van der Waals surface area contributed by atoms with E-state index in [1.54, 1.807) is 6.92 Å². The van der Waals surface area contributed by atoms with Crippen LogP contribution in [0, 0.1) is 0 Å². The zero-order valence-electron chi connectivity index (χ0n) is 9.52. The molecule has 5 heteroatoms. The maximum Gasteiger partial charge on any atom is 0.435 e. The molecule has 0 atom stereocenters. The van der Waals surface area contributed by atoms with Gasteiger partial charge in [-0.2, -0.15) is 18.3 Å². The Kier molecular flexibility index (Phi) is 5.39. The van der Waals surface area contributed by atoms with Crippen molar-refractivity contribution in [3.8, 4) is 0 Å². The van der Waals surface area contributed by atoms with Crippen LogP contribution in [0.3, 0.4) is 0 Å². The normalized spacial score (nSPS) is 10.9. The Hall–Kier alpha value is -1.00. The van der Waals surface area contributed by atoms with Gasteiger partial charge in [-0.3, -0.25) is 4.68 Å². The molecule has 1 heterocycles. The smallest absolute Gasteiger partial charge is 0.269 e. The summed E-state index contributed by atoms with van der Waals surface area (Å²) in [5, 5.41) is 3.46. The number of hydrogen-bond acceptors (Lipinski definition) is 1. The Bertz CT molecular complexity index is 268. The van der Waals surface area contributed by atoms with Crippen molar-refractivity contribution in [1.29, 1.82) is 0 Å². The van der Waals surface area contributed by atoms with Crippen LogP contribution in [0.4, 0.5) is 13.2 Å². The van der Waals surface area contributed by atoms with Crippen LogP contribution in [-0.4, -0.2) is 9.78 Å². The summed E-state index contributed by atoms with van der Waals surface area (Å²) in [6.45, 7) is 8.05. The minimum absolute atomic E-state index is 0.471. The first-order valence-corrected chi connectivity index (χ1v) is 5.13. The Labute approximate surface area is 88.1 Å². The summed E-state index contributed by atoms with van der Waals surface area (Å²) in [6.07, 6.45) is -3.76. The summed E-state index contributed by atoms with van der Waals surface area (Å²) in [6, 6.07) is 1.10. The third kappa shape index (κ3) is 3.57. The second-order valence-electron chi connectivity index (χ2n) is 2.69. The third-order valence-corrected chi connectivity index (χ3v) is 1.82. The molecule has 0 saturated carbocycles. The fraction of sp³-hybridized carbons (Fsp3) is 0.700. The van der Waals surface area contributed by atoms with Gasteiger partial charge in [0.1, 0.15) is 0 Å². The molecule has 0 aliphatic rings. The Morgan fingerprint density at radius 1 is 1.27 bits per heavy atom. The molecule has 0 bridgehead atoms. The topological polar surface area (TPSA) is 17.8 Å². The molecule has 0 N–H and O–H groups in total. The van der Waals surface area contributed by atoms with E-state index in [1.807, 2.05) is 20.8 Å². The maximum atomic E-state index is 12.2.